The van der Waals surface area contributed by atoms with Crippen molar-refractivity contribution in [3.8, 4) is 0 Å². The Morgan fingerprint density at radius 2 is 1.79 bits per heavy atom. The third kappa shape index (κ3) is 6.46. The summed E-state index contributed by atoms with van der Waals surface area (Å²) in [4.78, 5) is 8.00. The van der Waals surface area contributed by atoms with Crippen LogP contribution in [0.25, 0.3) is 0 Å². The van der Waals surface area contributed by atoms with E-state index in [-0.39, 0.29) is 0 Å². The number of hydrogen-bond acceptors (Lipinski definition) is 4. The van der Waals surface area contributed by atoms with E-state index in [1.54, 1.807) is 0 Å². The Hall–Kier alpha value is -2.18. The molecule has 5 nitrogen and oxygen atoms in total. The van der Waals surface area contributed by atoms with E-state index in [9.17, 15) is 0 Å². The summed E-state index contributed by atoms with van der Waals surface area (Å²) in [6.45, 7) is 7.39. The Bertz CT molecular complexity index is 730. The Morgan fingerprint density at radius 3 is 2.46 bits per heavy atom. The molecule has 1 aliphatic rings. The zero-order chi connectivity index (χ0) is 19.6. The van der Waals surface area contributed by atoms with Gasteiger partial charge in [-0.05, 0) is 29.8 Å². The molecule has 0 aliphatic carbocycles. The average Bonchev–Trinajstić information content (AvgIpc) is 2.75. The first kappa shape index (κ1) is 20.6. The van der Waals surface area contributed by atoms with Gasteiger partial charge in [0, 0.05) is 49.1 Å². The van der Waals surface area contributed by atoms with Crippen LogP contribution in [0.1, 0.15) is 12.5 Å². The van der Waals surface area contributed by atoms with Crippen LogP contribution in [0.2, 0.25) is 0 Å². The maximum atomic E-state index is 5.42. The molecule has 1 saturated heterocycles. The fraction of sp³-hybridized carbons (Fsp3) is 0.409. The van der Waals surface area contributed by atoms with Crippen LogP contribution in [0.15, 0.2) is 64.5 Å². The molecule has 1 heterocycles. The first-order valence-corrected chi connectivity index (χ1v) is 10.7. The smallest absolute Gasteiger partial charge is 0.191 e. The van der Waals surface area contributed by atoms with Gasteiger partial charge in [-0.2, -0.15) is 0 Å². The Kier molecular flexibility index (Phi) is 8.06. The van der Waals surface area contributed by atoms with Crippen molar-refractivity contribution in [3.63, 3.8) is 0 Å². The van der Waals surface area contributed by atoms with Crippen LogP contribution in [-0.4, -0.2) is 51.1 Å². The van der Waals surface area contributed by atoms with Crippen LogP contribution in [0.4, 0.5) is 5.69 Å². The molecule has 1 atom stereocenters. The predicted molar refractivity (Wildman–Crippen MR) is 119 cm³/mol. The van der Waals surface area contributed by atoms with Crippen LogP contribution >= 0.6 is 11.8 Å². The highest BCUT2D eigenvalue weighted by Gasteiger charge is 2.11. The summed E-state index contributed by atoms with van der Waals surface area (Å²) in [5.41, 5.74) is 2.51. The third-order valence-electron chi connectivity index (χ3n) is 4.63. The van der Waals surface area contributed by atoms with Gasteiger partial charge in [0.2, 0.25) is 0 Å². The van der Waals surface area contributed by atoms with Crippen molar-refractivity contribution in [2.75, 3.05) is 44.8 Å². The number of morpholine rings is 1. The van der Waals surface area contributed by atoms with Crippen LogP contribution < -0.4 is 15.5 Å². The monoisotopic (exact) mass is 398 g/mol. The second kappa shape index (κ2) is 11.0. The SMILES string of the molecule is CN=C(NCc1ccc(N2CCOCC2)cc1)NCC(C)Sc1ccccc1. The minimum absolute atomic E-state index is 0.453. The largest absolute Gasteiger partial charge is 0.378 e. The van der Waals surface area contributed by atoms with Crippen molar-refractivity contribution >= 4 is 23.4 Å². The second-order valence-corrected chi connectivity index (χ2v) is 8.33. The van der Waals surface area contributed by atoms with E-state index in [0.717, 1.165) is 45.4 Å². The van der Waals surface area contributed by atoms with E-state index in [1.807, 2.05) is 24.9 Å². The van der Waals surface area contributed by atoms with Crippen LogP contribution in [-0.2, 0) is 11.3 Å². The maximum absolute atomic E-state index is 5.42. The van der Waals surface area contributed by atoms with Crippen molar-refractivity contribution in [1.29, 1.82) is 0 Å². The van der Waals surface area contributed by atoms with Gasteiger partial charge in [-0.3, -0.25) is 4.99 Å². The molecular formula is C22H30N4OS. The van der Waals surface area contributed by atoms with E-state index in [0.29, 0.717) is 5.25 Å². The molecule has 150 valence electrons. The molecule has 0 radical (unpaired) electrons. The summed E-state index contributed by atoms with van der Waals surface area (Å²) in [6.07, 6.45) is 0. The molecule has 1 fully saturated rings. The number of hydrogen-bond donors (Lipinski definition) is 2. The van der Waals surface area contributed by atoms with Gasteiger partial charge in [-0.1, -0.05) is 37.3 Å². The van der Waals surface area contributed by atoms with E-state index in [4.69, 9.17) is 4.74 Å². The zero-order valence-electron chi connectivity index (χ0n) is 16.7. The maximum Gasteiger partial charge on any atom is 0.191 e. The number of anilines is 1. The van der Waals surface area contributed by atoms with E-state index in [1.165, 1.54) is 16.1 Å². The van der Waals surface area contributed by atoms with Crippen molar-refractivity contribution in [1.82, 2.24) is 10.6 Å². The molecule has 0 saturated carbocycles. The van der Waals surface area contributed by atoms with Gasteiger partial charge < -0.3 is 20.3 Å². The molecular weight excluding hydrogens is 368 g/mol. The summed E-state index contributed by atoms with van der Waals surface area (Å²) in [7, 11) is 1.81. The van der Waals surface area contributed by atoms with Crippen molar-refractivity contribution in [3.05, 3.63) is 60.2 Å². The summed E-state index contributed by atoms with van der Waals surface area (Å²) in [6, 6.07) is 19.2. The molecule has 3 rings (SSSR count). The lowest BCUT2D eigenvalue weighted by Crippen LogP contribution is -2.39. The number of aliphatic imine (C=N–C) groups is 1. The second-order valence-electron chi connectivity index (χ2n) is 6.81. The topological polar surface area (TPSA) is 48.9 Å². The van der Waals surface area contributed by atoms with E-state index < -0.39 is 0 Å². The molecule has 6 heteroatoms. The lowest BCUT2D eigenvalue weighted by atomic mass is 10.2. The lowest BCUT2D eigenvalue weighted by molar-refractivity contribution is 0.122. The number of nitrogens with zero attached hydrogens (tertiary/aromatic N) is 2. The van der Waals surface area contributed by atoms with Crippen molar-refractivity contribution in [2.45, 2.75) is 23.6 Å². The molecule has 0 spiro atoms. The minimum Gasteiger partial charge on any atom is -0.378 e. The molecule has 28 heavy (non-hydrogen) atoms. The standard InChI is InChI=1S/C22H30N4OS/c1-18(28-21-6-4-3-5-7-21)16-24-22(23-2)25-17-19-8-10-20(11-9-19)26-12-14-27-15-13-26/h3-11,18H,12-17H2,1-2H3,(H2,23,24,25). The Labute approximate surface area is 172 Å². The number of nitrogens with one attached hydrogen (secondary N) is 2. The summed E-state index contributed by atoms with van der Waals surface area (Å²) in [5.74, 6) is 0.831. The molecule has 1 unspecified atom stereocenters. The van der Waals surface area contributed by atoms with E-state index >= 15 is 0 Å². The highest BCUT2D eigenvalue weighted by Crippen LogP contribution is 2.22. The van der Waals surface area contributed by atoms with Gasteiger partial charge in [-0.15, -0.1) is 11.8 Å². The fourth-order valence-corrected chi connectivity index (χ4v) is 4.01. The molecule has 2 N–H and O–H groups in total. The number of benzene rings is 2. The normalized spacial score (nSPS) is 15.9. The van der Waals surface area contributed by atoms with Crippen molar-refractivity contribution in [2.24, 2.45) is 4.99 Å². The molecule has 0 bridgehead atoms. The van der Waals surface area contributed by atoms with Crippen LogP contribution in [0.3, 0.4) is 0 Å². The van der Waals surface area contributed by atoms with Gasteiger partial charge >= 0.3 is 0 Å². The minimum atomic E-state index is 0.453. The molecule has 0 aromatic heterocycles. The predicted octanol–water partition coefficient (Wildman–Crippen LogP) is 3.37. The van der Waals surface area contributed by atoms with Gasteiger partial charge in [0.15, 0.2) is 5.96 Å². The highest BCUT2D eigenvalue weighted by molar-refractivity contribution is 8.00. The quantitative estimate of drug-likeness (QED) is 0.425. The van der Waals surface area contributed by atoms with Crippen molar-refractivity contribution < 1.29 is 4.74 Å². The summed E-state index contributed by atoms with van der Waals surface area (Å²) >= 11 is 1.87. The van der Waals surface area contributed by atoms with Gasteiger partial charge in [-0.25, -0.2) is 0 Å². The van der Waals surface area contributed by atoms with Gasteiger partial charge in [0.25, 0.3) is 0 Å². The first-order chi connectivity index (χ1) is 13.7. The zero-order valence-corrected chi connectivity index (χ0v) is 17.5. The van der Waals surface area contributed by atoms with Gasteiger partial charge in [0.1, 0.15) is 0 Å². The molecule has 2 aromatic carbocycles. The van der Waals surface area contributed by atoms with E-state index in [2.05, 4.69) is 76.0 Å². The highest BCUT2D eigenvalue weighted by atomic mass is 32.2. The summed E-state index contributed by atoms with van der Waals surface area (Å²) < 4.78 is 5.42. The number of thioether (sulfide) groups is 1. The third-order valence-corrected chi connectivity index (χ3v) is 5.75. The Morgan fingerprint density at radius 1 is 1.07 bits per heavy atom. The first-order valence-electron chi connectivity index (χ1n) is 9.82. The van der Waals surface area contributed by atoms with Crippen LogP contribution in [0, 0.1) is 0 Å². The molecule has 2 aromatic rings. The van der Waals surface area contributed by atoms with Gasteiger partial charge in [0.05, 0.1) is 13.2 Å². The molecule has 1 aliphatic heterocycles. The number of rotatable bonds is 7. The number of guanidine groups is 1. The fourth-order valence-electron chi connectivity index (χ4n) is 3.07. The summed E-state index contributed by atoms with van der Waals surface area (Å²) in [5, 5.41) is 7.27. The number of ether oxygens (including phenoxy) is 1. The Balaban J connectivity index is 1.42. The lowest BCUT2D eigenvalue weighted by Gasteiger charge is -2.29. The average molecular weight is 399 g/mol. The van der Waals surface area contributed by atoms with Crippen LogP contribution in [0.5, 0.6) is 0 Å². The molecule has 0 amide bonds.